The fraction of sp³-hybridized carbons (Fsp3) is 0.176. The first-order valence-electron chi connectivity index (χ1n) is 6.91. The Hall–Kier alpha value is -3.02. The lowest BCUT2D eigenvalue weighted by Crippen LogP contribution is -2.01. The number of hydrogen-bond donors (Lipinski definition) is 2. The van der Waals surface area contributed by atoms with Crippen molar-refractivity contribution in [1.82, 2.24) is 0 Å². The molecule has 0 saturated heterocycles. The summed E-state index contributed by atoms with van der Waals surface area (Å²) in [6.45, 7) is 1.86. The molecular formula is C17H18N2O4. The number of anilines is 1. The van der Waals surface area contributed by atoms with Crippen molar-refractivity contribution >= 4 is 17.4 Å². The number of hydrazone groups is 1. The van der Waals surface area contributed by atoms with Crippen LogP contribution >= 0.6 is 0 Å². The van der Waals surface area contributed by atoms with Crippen LogP contribution in [0.4, 0.5) is 5.69 Å². The number of carbonyl (C=O) groups is 1. The van der Waals surface area contributed by atoms with Crippen molar-refractivity contribution in [3.63, 3.8) is 0 Å². The first-order valence-corrected chi connectivity index (χ1v) is 6.91. The maximum Gasteiger partial charge on any atom is 0.335 e. The largest absolute Gasteiger partial charge is 0.493 e. The molecular weight excluding hydrogens is 296 g/mol. The SMILES string of the molecule is COc1ccc(/C(C)=N/Nc2ccc(C(=O)O)cc2)cc1OC. The minimum Gasteiger partial charge on any atom is -0.493 e. The number of ether oxygens (including phenoxy) is 2. The molecule has 2 aromatic rings. The van der Waals surface area contributed by atoms with E-state index in [0.29, 0.717) is 17.2 Å². The molecule has 0 saturated carbocycles. The minimum absolute atomic E-state index is 0.233. The fourth-order valence-electron chi connectivity index (χ4n) is 1.96. The summed E-state index contributed by atoms with van der Waals surface area (Å²) in [5.41, 5.74) is 5.48. The van der Waals surface area contributed by atoms with E-state index in [9.17, 15) is 4.79 Å². The lowest BCUT2D eigenvalue weighted by molar-refractivity contribution is 0.0697. The van der Waals surface area contributed by atoms with Crippen LogP contribution in [0.2, 0.25) is 0 Å². The van der Waals surface area contributed by atoms with E-state index in [1.807, 2.05) is 25.1 Å². The Morgan fingerprint density at radius 2 is 1.61 bits per heavy atom. The Balaban J connectivity index is 2.14. The van der Waals surface area contributed by atoms with Gasteiger partial charge in [0, 0.05) is 5.56 Å². The monoisotopic (exact) mass is 314 g/mol. The average Bonchev–Trinajstić information content (AvgIpc) is 2.59. The molecule has 0 radical (unpaired) electrons. The molecule has 6 heteroatoms. The molecule has 0 spiro atoms. The van der Waals surface area contributed by atoms with Crippen LogP contribution < -0.4 is 14.9 Å². The normalized spacial score (nSPS) is 11.0. The smallest absolute Gasteiger partial charge is 0.335 e. The summed E-state index contributed by atoms with van der Waals surface area (Å²) >= 11 is 0. The van der Waals surface area contributed by atoms with Gasteiger partial charge in [-0.25, -0.2) is 4.79 Å². The molecule has 6 nitrogen and oxygen atoms in total. The zero-order valence-corrected chi connectivity index (χ0v) is 13.2. The summed E-state index contributed by atoms with van der Waals surface area (Å²) in [5, 5.41) is 13.2. The van der Waals surface area contributed by atoms with Crippen LogP contribution in [0.3, 0.4) is 0 Å². The van der Waals surface area contributed by atoms with Crippen molar-refractivity contribution in [2.75, 3.05) is 19.6 Å². The summed E-state index contributed by atoms with van der Waals surface area (Å²) in [5.74, 6) is 0.327. The number of aromatic carboxylic acids is 1. The molecule has 2 rings (SSSR count). The summed E-state index contributed by atoms with van der Waals surface area (Å²) in [6, 6.07) is 11.9. The number of hydrogen-bond acceptors (Lipinski definition) is 5. The van der Waals surface area contributed by atoms with Gasteiger partial charge >= 0.3 is 5.97 Å². The summed E-state index contributed by atoms with van der Waals surface area (Å²) in [6.07, 6.45) is 0. The van der Waals surface area contributed by atoms with E-state index in [0.717, 1.165) is 11.3 Å². The van der Waals surface area contributed by atoms with E-state index in [4.69, 9.17) is 14.6 Å². The van der Waals surface area contributed by atoms with Crippen molar-refractivity contribution < 1.29 is 19.4 Å². The summed E-state index contributed by atoms with van der Waals surface area (Å²) in [7, 11) is 3.16. The maximum absolute atomic E-state index is 10.8. The van der Waals surface area contributed by atoms with Gasteiger partial charge in [-0.05, 0) is 49.4 Å². The molecule has 0 unspecified atom stereocenters. The highest BCUT2D eigenvalue weighted by Crippen LogP contribution is 2.27. The average molecular weight is 314 g/mol. The van der Waals surface area contributed by atoms with E-state index in [1.165, 1.54) is 12.1 Å². The van der Waals surface area contributed by atoms with E-state index in [2.05, 4.69) is 10.5 Å². The van der Waals surface area contributed by atoms with Gasteiger partial charge < -0.3 is 14.6 Å². The molecule has 23 heavy (non-hydrogen) atoms. The second-order valence-electron chi connectivity index (χ2n) is 4.76. The molecule has 0 aliphatic carbocycles. The van der Waals surface area contributed by atoms with Crippen LogP contribution in [0.1, 0.15) is 22.8 Å². The Labute approximate surface area is 134 Å². The summed E-state index contributed by atoms with van der Waals surface area (Å²) < 4.78 is 10.5. The molecule has 0 aliphatic rings. The standard InChI is InChI=1S/C17H18N2O4/c1-11(13-6-9-15(22-2)16(10-13)23-3)18-19-14-7-4-12(5-8-14)17(20)21/h4-10,19H,1-3H3,(H,20,21)/b18-11+. The third-order valence-electron chi connectivity index (χ3n) is 3.29. The first-order chi connectivity index (χ1) is 11.0. The van der Waals surface area contributed by atoms with Gasteiger partial charge in [0.1, 0.15) is 0 Å². The van der Waals surface area contributed by atoms with Gasteiger partial charge in [-0.1, -0.05) is 0 Å². The van der Waals surface area contributed by atoms with Crippen LogP contribution in [-0.4, -0.2) is 31.0 Å². The lowest BCUT2D eigenvalue weighted by atomic mass is 10.1. The van der Waals surface area contributed by atoms with Gasteiger partial charge in [-0.3, -0.25) is 5.43 Å². The number of carboxylic acids is 1. The van der Waals surface area contributed by atoms with Gasteiger partial charge in [0.2, 0.25) is 0 Å². The van der Waals surface area contributed by atoms with Crippen LogP contribution in [-0.2, 0) is 0 Å². The van der Waals surface area contributed by atoms with Crippen molar-refractivity contribution in [1.29, 1.82) is 0 Å². The second-order valence-corrected chi connectivity index (χ2v) is 4.76. The molecule has 2 N–H and O–H groups in total. The van der Waals surface area contributed by atoms with E-state index >= 15 is 0 Å². The molecule has 0 amide bonds. The van der Waals surface area contributed by atoms with Crippen molar-refractivity contribution in [3.05, 3.63) is 53.6 Å². The highest BCUT2D eigenvalue weighted by atomic mass is 16.5. The third kappa shape index (κ3) is 4.00. The number of benzene rings is 2. The van der Waals surface area contributed by atoms with Crippen molar-refractivity contribution in [3.8, 4) is 11.5 Å². The predicted octanol–water partition coefficient (Wildman–Crippen LogP) is 3.24. The Morgan fingerprint density at radius 1 is 1.00 bits per heavy atom. The van der Waals surface area contributed by atoms with E-state index in [-0.39, 0.29) is 5.56 Å². The minimum atomic E-state index is -0.957. The molecule has 0 aliphatic heterocycles. The first kappa shape index (κ1) is 16.4. The second kappa shape index (κ2) is 7.31. The maximum atomic E-state index is 10.8. The molecule has 120 valence electrons. The van der Waals surface area contributed by atoms with Gasteiger partial charge in [0.15, 0.2) is 11.5 Å². The van der Waals surface area contributed by atoms with E-state index < -0.39 is 5.97 Å². The molecule has 0 fully saturated rings. The Bertz CT molecular complexity index is 724. The predicted molar refractivity (Wildman–Crippen MR) is 88.8 cm³/mol. The molecule has 0 heterocycles. The van der Waals surface area contributed by atoms with Crippen LogP contribution in [0.25, 0.3) is 0 Å². The highest BCUT2D eigenvalue weighted by Gasteiger charge is 2.06. The zero-order valence-electron chi connectivity index (χ0n) is 13.2. The molecule has 0 atom stereocenters. The highest BCUT2D eigenvalue weighted by molar-refractivity contribution is 5.99. The number of nitrogens with one attached hydrogen (secondary N) is 1. The number of rotatable bonds is 6. The Morgan fingerprint density at radius 3 is 2.17 bits per heavy atom. The lowest BCUT2D eigenvalue weighted by Gasteiger charge is -2.09. The van der Waals surface area contributed by atoms with Crippen molar-refractivity contribution in [2.45, 2.75) is 6.92 Å². The zero-order chi connectivity index (χ0) is 16.8. The quantitative estimate of drug-likeness (QED) is 0.632. The number of methoxy groups -OCH3 is 2. The van der Waals surface area contributed by atoms with Gasteiger partial charge in [-0.15, -0.1) is 0 Å². The third-order valence-corrected chi connectivity index (χ3v) is 3.29. The van der Waals surface area contributed by atoms with Crippen molar-refractivity contribution in [2.24, 2.45) is 5.10 Å². The van der Waals surface area contributed by atoms with Gasteiger partial charge in [0.05, 0.1) is 31.2 Å². The van der Waals surface area contributed by atoms with Crippen LogP contribution in [0.5, 0.6) is 11.5 Å². The Kier molecular flexibility index (Phi) is 5.19. The number of carboxylic acid groups (broad SMARTS) is 1. The molecule has 0 aromatic heterocycles. The van der Waals surface area contributed by atoms with E-state index in [1.54, 1.807) is 26.4 Å². The van der Waals surface area contributed by atoms with Gasteiger partial charge in [0.25, 0.3) is 0 Å². The van der Waals surface area contributed by atoms with Crippen LogP contribution in [0.15, 0.2) is 47.6 Å². The molecule has 2 aromatic carbocycles. The van der Waals surface area contributed by atoms with Crippen LogP contribution in [0, 0.1) is 0 Å². The summed E-state index contributed by atoms with van der Waals surface area (Å²) in [4.78, 5) is 10.8. The number of nitrogens with zero attached hydrogens (tertiary/aromatic N) is 1. The molecule has 0 bridgehead atoms. The topological polar surface area (TPSA) is 80.2 Å². The fourth-order valence-corrected chi connectivity index (χ4v) is 1.96. The van der Waals surface area contributed by atoms with Gasteiger partial charge in [-0.2, -0.15) is 5.10 Å².